The van der Waals surface area contributed by atoms with E-state index in [0.29, 0.717) is 30.3 Å². The van der Waals surface area contributed by atoms with E-state index in [1.54, 1.807) is 6.08 Å². The lowest BCUT2D eigenvalue weighted by atomic mass is 9.72. The number of fused-ring (bicyclic) bond motifs is 2. The van der Waals surface area contributed by atoms with Gasteiger partial charge in [0.1, 0.15) is 11.8 Å². The van der Waals surface area contributed by atoms with Crippen molar-refractivity contribution in [2.75, 3.05) is 0 Å². The van der Waals surface area contributed by atoms with Crippen molar-refractivity contribution in [1.29, 1.82) is 0 Å². The number of allylic oxidation sites excluding steroid dienone is 5. The second-order valence-corrected chi connectivity index (χ2v) is 11.9. The molecule has 1 aromatic heterocycles. The van der Waals surface area contributed by atoms with E-state index in [0.717, 1.165) is 80.9 Å². The summed E-state index contributed by atoms with van der Waals surface area (Å²) in [5.74, 6) is 0.917. The molecule has 6 rings (SSSR count). The zero-order chi connectivity index (χ0) is 25.4. The Hall–Kier alpha value is -2.79. The molecule has 0 bridgehead atoms. The lowest BCUT2D eigenvalue weighted by molar-refractivity contribution is -0.131. The monoisotopic (exact) mass is 499 g/mol. The minimum absolute atomic E-state index is 0.0235. The number of benzene rings is 1. The highest BCUT2D eigenvalue weighted by molar-refractivity contribution is 6.07. The fourth-order valence-electron chi connectivity index (χ4n) is 7.44. The molecule has 1 heterocycles. The summed E-state index contributed by atoms with van der Waals surface area (Å²) in [5, 5.41) is 16.4. The van der Waals surface area contributed by atoms with Gasteiger partial charge >= 0.3 is 0 Å². The third kappa shape index (κ3) is 4.79. The van der Waals surface area contributed by atoms with E-state index in [2.05, 4.69) is 23.4 Å². The van der Waals surface area contributed by atoms with Gasteiger partial charge in [-0.15, -0.1) is 0 Å². The largest absolute Gasteiger partial charge is 0.384 e. The Balaban J connectivity index is 1.13. The lowest BCUT2D eigenvalue weighted by Gasteiger charge is -2.33. The SMILES string of the molecule is O=C1C=C(CC[C@@H]2CC/C3=C/C(c4noc5ccccc45)=C\CCCC3C2)C(=O)C(O)C2(CCCC2)C1. The number of carbonyl (C=O) groups excluding carboxylic acids is 2. The van der Waals surface area contributed by atoms with Gasteiger partial charge in [-0.05, 0) is 94.3 Å². The molecule has 2 saturated carbocycles. The Kier molecular flexibility index (Phi) is 6.74. The molecular weight excluding hydrogens is 462 g/mol. The van der Waals surface area contributed by atoms with Crippen molar-refractivity contribution in [1.82, 2.24) is 5.16 Å². The van der Waals surface area contributed by atoms with E-state index >= 15 is 0 Å². The van der Waals surface area contributed by atoms with Gasteiger partial charge < -0.3 is 9.63 Å². The van der Waals surface area contributed by atoms with Gasteiger partial charge in [-0.1, -0.05) is 47.9 Å². The zero-order valence-electron chi connectivity index (χ0n) is 21.6. The molecule has 0 saturated heterocycles. The Morgan fingerprint density at radius 2 is 1.89 bits per heavy atom. The number of hydrogen-bond donors (Lipinski definition) is 1. The van der Waals surface area contributed by atoms with Gasteiger partial charge in [-0.25, -0.2) is 0 Å². The van der Waals surface area contributed by atoms with Crippen LogP contribution in [-0.2, 0) is 9.59 Å². The molecule has 1 N–H and O–H groups in total. The Morgan fingerprint density at radius 1 is 1.05 bits per heavy atom. The highest BCUT2D eigenvalue weighted by Crippen LogP contribution is 2.47. The van der Waals surface area contributed by atoms with Crippen molar-refractivity contribution in [3.05, 3.63) is 59.3 Å². The fourth-order valence-corrected chi connectivity index (χ4v) is 7.44. The van der Waals surface area contributed by atoms with Crippen LogP contribution >= 0.6 is 0 Å². The molecule has 2 fully saturated rings. The highest BCUT2D eigenvalue weighted by atomic mass is 16.5. The van der Waals surface area contributed by atoms with Crippen LogP contribution in [0.3, 0.4) is 0 Å². The number of para-hydroxylation sites is 1. The second kappa shape index (κ2) is 10.2. The highest BCUT2D eigenvalue weighted by Gasteiger charge is 2.47. The molecule has 37 heavy (non-hydrogen) atoms. The van der Waals surface area contributed by atoms with Gasteiger partial charge in [0.15, 0.2) is 17.1 Å². The molecule has 194 valence electrons. The molecular formula is C32H37NO4. The first-order valence-corrected chi connectivity index (χ1v) is 14.2. The molecule has 0 aliphatic heterocycles. The maximum atomic E-state index is 13.2. The number of hydrogen-bond acceptors (Lipinski definition) is 5. The quantitative estimate of drug-likeness (QED) is 0.494. The fraction of sp³-hybridized carbons (Fsp3) is 0.531. The maximum Gasteiger partial charge on any atom is 0.187 e. The Morgan fingerprint density at radius 3 is 2.76 bits per heavy atom. The standard InChI is InChI=1S/C32H37NO4/c34-26-19-25(30(35)31(36)32(20-26)15-5-6-16-32)14-12-21-11-13-23-18-24(8-2-1-7-22(23)17-21)29-27-9-3-4-10-28(27)37-33-29/h3-4,8-10,18-19,21-22,31,36H,1-2,5-7,11-17,20H2/b23-18-,24-8+/t21-,22?,31?/m0/s1. The van der Waals surface area contributed by atoms with Crippen LogP contribution in [-0.4, -0.2) is 27.9 Å². The molecule has 2 aromatic rings. The summed E-state index contributed by atoms with van der Waals surface area (Å²) in [6.45, 7) is 0. The van der Waals surface area contributed by atoms with Gasteiger partial charge in [0.05, 0.1) is 0 Å². The van der Waals surface area contributed by atoms with Crippen LogP contribution in [0.15, 0.2) is 58.2 Å². The topological polar surface area (TPSA) is 80.4 Å². The van der Waals surface area contributed by atoms with Crippen LogP contribution in [0.1, 0.15) is 89.2 Å². The van der Waals surface area contributed by atoms with Gasteiger partial charge in [0, 0.05) is 28.4 Å². The number of aliphatic hydroxyl groups is 1. The Labute approximate surface area is 218 Å². The van der Waals surface area contributed by atoms with Crippen LogP contribution in [0.2, 0.25) is 0 Å². The van der Waals surface area contributed by atoms with Gasteiger partial charge in [-0.3, -0.25) is 9.59 Å². The van der Waals surface area contributed by atoms with Crippen LogP contribution in [0.25, 0.3) is 16.5 Å². The average Bonchev–Trinajstić information content (AvgIpc) is 3.52. The molecule has 0 radical (unpaired) electrons. The second-order valence-electron chi connectivity index (χ2n) is 11.9. The van der Waals surface area contributed by atoms with E-state index in [1.807, 2.05) is 18.2 Å². The minimum atomic E-state index is -1.02. The van der Waals surface area contributed by atoms with Crippen molar-refractivity contribution in [3.8, 4) is 0 Å². The molecule has 1 spiro atoms. The molecule has 4 aliphatic carbocycles. The van der Waals surface area contributed by atoms with E-state index in [4.69, 9.17) is 4.52 Å². The molecule has 3 atom stereocenters. The minimum Gasteiger partial charge on any atom is -0.384 e. The maximum absolute atomic E-state index is 13.2. The molecule has 5 nitrogen and oxygen atoms in total. The Bertz CT molecular complexity index is 1290. The van der Waals surface area contributed by atoms with Crippen LogP contribution < -0.4 is 0 Å². The molecule has 2 unspecified atom stereocenters. The van der Waals surface area contributed by atoms with E-state index in [1.165, 1.54) is 17.6 Å². The summed E-state index contributed by atoms with van der Waals surface area (Å²) in [4.78, 5) is 25.9. The zero-order valence-corrected chi connectivity index (χ0v) is 21.6. The number of carbonyl (C=O) groups is 2. The predicted molar refractivity (Wildman–Crippen MR) is 144 cm³/mol. The van der Waals surface area contributed by atoms with Crippen molar-refractivity contribution >= 4 is 28.1 Å². The summed E-state index contributed by atoms with van der Waals surface area (Å²) in [6, 6.07) is 8.04. The first-order valence-electron chi connectivity index (χ1n) is 14.2. The van der Waals surface area contributed by atoms with Gasteiger partial charge in [0.25, 0.3) is 0 Å². The third-order valence-electron chi connectivity index (χ3n) is 9.52. The summed E-state index contributed by atoms with van der Waals surface area (Å²) < 4.78 is 5.59. The summed E-state index contributed by atoms with van der Waals surface area (Å²) in [5.41, 5.74) is 4.48. The van der Waals surface area contributed by atoms with E-state index in [-0.39, 0.29) is 11.6 Å². The molecule has 1 aromatic carbocycles. The van der Waals surface area contributed by atoms with Gasteiger partial charge in [0.2, 0.25) is 0 Å². The van der Waals surface area contributed by atoms with Crippen molar-refractivity contribution in [3.63, 3.8) is 0 Å². The van der Waals surface area contributed by atoms with Crippen molar-refractivity contribution < 1.29 is 19.2 Å². The molecule has 0 amide bonds. The molecule has 5 heteroatoms. The summed E-state index contributed by atoms with van der Waals surface area (Å²) in [7, 11) is 0. The van der Waals surface area contributed by atoms with Crippen LogP contribution in [0.4, 0.5) is 0 Å². The number of aliphatic hydroxyl groups excluding tert-OH is 1. The number of Topliss-reactive ketones (excluding diaryl/α,β-unsaturated/α-hetero) is 1. The number of aromatic nitrogens is 1. The van der Waals surface area contributed by atoms with E-state index in [9.17, 15) is 14.7 Å². The van der Waals surface area contributed by atoms with Crippen LogP contribution in [0.5, 0.6) is 0 Å². The smallest absolute Gasteiger partial charge is 0.187 e. The summed E-state index contributed by atoms with van der Waals surface area (Å²) in [6.07, 6.45) is 17.3. The third-order valence-corrected chi connectivity index (χ3v) is 9.52. The lowest BCUT2D eigenvalue weighted by Crippen LogP contribution is -2.39. The first-order chi connectivity index (χ1) is 18.0. The first kappa shape index (κ1) is 24.5. The normalized spacial score (nSPS) is 31.1. The number of nitrogens with zero attached hydrogens (tertiary/aromatic N) is 1. The average molecular weight is 500 g/mol. The molecule has 4 aliphatic rings. The van der Waals surface area contributed by atoms with Crippen LogP contribution in [0, 0.1) is 17.3 Å². The number of rotatable bonds is 4. The summed E-state index contributed by atoms with van der Waals surface area (Å²) >= 11 is 0. The van der Waals surface area contributed by atoms with Crippen molar-refractivity contribution in [2.45, 2.75) is 89.6 Å². The van der Waals surface area contributed by atoms with Gasteiger partial charge in [-0.2, -0.15) is 0 Å². The van der Waals surface area contributed by atoms with Crippen molar-refractivity contribution in [2.24, 2.45) is 17.3 Å². The predicted octanol–water partition coefficient (Wildman–Crippen LogP) is 6.91. The van der Waals surface area contributed by atoms with E-state index < -0.39 is 11.5 Å². The number of ketones is 2.